The Balaban J connectivity index is 2.74. The molecule has 2 rings (SSSR count). The van der Waals surface area contributed by atoms with E-state index in [2.05, 4.69) is 4.99 Å². The number of rotatable bonds is 5. The van der Waals surface area contributed by atoms with Gasteiger partial charge in [-0.1, -0.05) is 0 Å². The Morgan fingerprint density at radius 2 is 1.74 bits per heavy atom. The molecule has 0 radical (unpaired) electrons. The first-order valence-corrected chi connectivity index (χ1v) is 7.36. The Kier molecular flexibility index (Phi) is 5.76. The molecule has 0 saturated heterocycles. The Morgan fingerprint density at radius 3 is 2.22 bits per heavy atom. The number of Topliss-reactive ketones (excluding diaryl/α,β-unsaturated/α-hetero) is 1. The molecule has 138 valence electrons. The molecule has 11 nitrogen and oxygen atoms in total. The predicted octanol–water partition coefficient (Wildman–Crippen LogP) is -1.72. The van der Waals surface area contributed by atoms with Gasteiger partial charge in [-0.2, -0.15) is 5.26 Å². The molecule has 1 aromatic rings. The summed E-state index contributed by atoms with van der Waals surface area (Å²) in [4.78, 5) is 52.8. The van der Waals surface area contributed by atoms with Gasteiger partial charge < -0.3 is 4.74 Å². The number of nitrogens with zero attached hydrogens (tertiary/aromatic N) is 2. The molecule has 0 fully saturated rings. The van der Waals surface area contributed by atoms with Crippen LogP contribution in [-0.2, 0) is 14.4 Å². The van der Waals surface area contributed by atoms with Crippen molar-refractivity contribution in [2.45, 2.75) is 0 Å². The largest absolute Gasteiger partial charge is 0.497 e. The molecule has 1 aliphatic rings. The average molecular weight is 370 g/mol. The van der Waals surface area contributed by atoms with Crippen LogP contribution < -0.4 is 27.3 Å². The van der Waals surface area contributed by atoms with Crippen LogP contribution in [0.4, 0.5) is 0 Å². The topological polar surface area (TPSA) is 190 Å². The molecule has 6 N–H and O–H groups in total. The maximum absolute atomic E-state index is 13.0. The van der Waals surface area contributed by atoms with E-state index in [1.54, 1.807) is 16.9 Å². The first-order valence-electron chi connectivity index (χ1n) is 7.36. The minimum Gasteiger partial charge on any atom is -0.497 e. The van der Waals surface area contributed by atoms with Gasteiger partial charge in [0.1, 0.15) is 11.5 Å². The van der Waals surface area contributed by atoms with Crippen molar-refractivity contribution in [2.75, 3.05) is 7.11 Å². The van der Waals surface area contributed by atoms with Gasteiger partial charge >= 0.3 is 0 Å². The molecule has 1 atom stereocenters. The molecule has 11 heteroatoms. The third-order valence-corrected chi connectivity index (χ3v) is 3.69. The van der Waals surface area contributed by atoms with Crippen LogP contribution in [0.2, 0.25) is 0 Å². The van der Waals surface area contributed by atoms with Gasteiger partial charge in [0.15, 0.2) is 11.7 Å². The number of nitrogens with one attached hydrogen (secondary N) is 2. The summed E-state index contributed by atoms with van der Waals surface area (Å²) in [5, 5.41) is 9.25. The third-order valence-electron chi connectivity index (χ3n) is 3.69. The molecular weight excluding hydrogens is 356 g/mol. The second-order valence-electron chi connectivity index (χ2n) is 5.15. The van der Waals surface area contributed by atoms with E-state index < -0.39 is 46.3 Å². The number of aliphatic imine (C=N–C) groups is 1. The van der Waals surface area contributed by atoms with Gasteiger partial charge in [0, 0.05) is 5.56 Å². The zero-order valence-electron chi connectivity index (χ0n) is 14.0. The van der Waals surface area contributed by atoms with E-state index >= 15 is 0 Å². The number of nitriles is 1. The number of carbonyl (C=O) groups is 4. The van der Waals surface area contributed by atoms with E-state index in [0.29, 0.717) is 5.75 Å². The Morgan fingerprint density at radius 1 is 1.15 bits per heavy atom. The van der Waals surface area contributed by atoms with Gasteiger partial charge in [0.05, 0.1) is 24.3 Å². The number of dihydropyridines is 1. The summed E-state index contributed by atoms with van der Waals surface area (Å²) in [7, 11) is 1.43. The van der Waals surface area contributed by atoms with Crippen LogP contribution in [0.15, 0.2) is 40.4 Å². The van der Waals surface area contributed by atoms with E-state index in [1.807, 2.05) is 0 Å². The SMILES string of the molecule is COc1ccc(C(=O)C2=C(C(=O)NN)C(C#N)C(=O)N=C2C(=O)NN)cc1. The molecule has 1 heterocycles. The summed E-state index contributed by atoms with van der Waals surface area (Å²) in [6.07, 6.45) is 0. The van der Waals surface area contributed by atoms with Crippen LogP contribution in [0.3, 0.4) is 0 Å². The predicted molar refractivity (Wildman–Crippen MR) is 90.6 cm³/mol. The Labute approximate surface area is 152 Å². The third kappa shape index (κ3) is 3.56. The molecule has 0 bridgehead atoms. The zero-order valence-corrected chi connectivity index (χ0v) is 14.0. The Hall–Kier alpha value is -3.88. The molecule has 0 aliphatic carbocycles. The molecule has 0 spiro atoms. The monoisotopic (exact) mass is 370 g/mol. The molecule has 1 unspecified atom stereocenters. The molecule has 1 aromatic carbocycles. The quantitative estimate of drug-likeness (QED) is 0.203. The van der Waals surface area contributed by atoms with Crippen LogP contribution >= 0.6 is 0 Å². The second kappa shape index (κ2) is 8.00. The molecule has 0 saturated carbocycles. The number of hydrazine groups is 2. The van der Waals surface area contributed by atoms with Crippen molar-refractivity contribution in [1.82, 2.24) is 10.9 Å². The number of benzene rings is 1. The maximum atomic E-state index is 13.0. The van der Waals surface area contributed by atoms with Crippen molar-refractivity contribution in [1.29, 1.82) is 5.26 Å². The molecule has 0 aromatic heterocycles. The van der Waals surface area contributed by atoms with E-state index in [0.717, 1.165) is 0 Å². The van der Waals surface area contributed by atoms with Crippen molar-refractivity contribution in [3.63, 3.8) is 0 Å². The van der Waals surface area contributed by atoms with Gasteiger partial charge in [0.25, 0.3) is 17.7 Å². The number of hydrogen-bond acceptors (Lipinski definition) is 8. The number of hydrogen-bond donors (Lipinski definition) is 4. The van der Waals surface area contributed by atoms with E-state index in [9.17, 15) is 24.4 Å². The van der Waals surface area contributed by atoms with Crippen LogP contribution in [0, 0.1) is 17.2 Å². The fraction of sp³-hybridized carbons (Fsp3) is 0.125. The number of nitrogens with two attached hydrogens (primary N) is 2. The summed E-state index contributed by atoms with van der Waals surface area (Å²) in [6, 6.07) is 7.30. The van der Waals surface area contributed by atoms with Crippen molar-refractivity contribution in [2.24, 2.45) is 22.6 Å². The highest BCUT2D eigenvalue weighted by Gasteiger charge is 2.41. The molecule has 3 amide bonds. The number of carbonyl (C=O) groups excluding carboxylic acids is 4. The van der Waals surface area contributed by atoms with E-state index in [4.69, 9.17) is 16.4 Å². The lowest BCUT2D eigenvalue weighted by atomic mass is 9.84. The lowest BCUT2D eigenvalue weighted by molar-refractivity contribution is -0.123. The normalized spacial score (nSPS) is 16.1. The van der Waals surface area contributed by atoms with Crippen LogP contribution in [-0.4, -0.2) is 36.3 Å². The fourth-order valence-electron chi connectivity index (χ4n) is 2.42. The standard InChI is InChI=1S/C16H14N6O5/c1-27-8-4-2-7(3-5-8)13(23)11-10(15(25)21-18)9(6-17)14(24)20-12(11)16(26)22-19/h2-5,9H,18-19H2,1H3,(H,21,25)(H,22,26). The fourth-order valence-corrected chi connectivity index (χ4v) is 2.42. The maximum Gasteiger partial charge on any atom is 0.284 e. The van der Waals surface area contributed by atoms with Crippen LogP contribution in [0.1, 0.15) is 10.4 Å². The Bertz CT molecular complexity index is 926. The first-order chi connectivity index (χ1) is 12.9. The summed E-state index contributed by atoms with van der Waals surface area (Å²) in [5.41, 5.74) is 1.74. The molecule has 1 aliphatic heterocycles. The smallest absolute Gasteiger partial charge is 0.284 e. The van der Waals surface area contributed by atoms with Crippen molar-refractivity contribution in [3.05, 3.63) is 41.0 Å². The van der Waals surface area contributed by atoms with Crippen molar-refractivity contribution in [3.8, 4) is 11.8 Å². The van der Waals surface area contributed by atoms with Gasteiger partial charge in [0.2, 0.25) is 0 Å². The summed E-state index contributed by atoms with van der Waals surface area (Å²) >= 11 is 0. The molecular formula is C16H14N6O5. The van der Waals surface area contributed by atoms with Gasteiger partial charge in [-0.05, 0) is 24.3 Å². The van der Waals surface area contributed by atoms with Crippen LogP contribution in [0.25, 0.3) is 0 Å². The van der Waals surface area contributed by atoms with Gasteiger partial charge in [-0.3, -0.25) is 30.0 Å². The number of ether oxygens (including phenoxy) is 1. The van der Waals surface area contributed by atoms with E-state index in [-0.39, 0.29) is 5.56 Å². The van der Waals surface area contributed by atoms with Crippen molar-refractivity contribution >= 4 is 29.2 Å². The zero-order chi connectivity index (χ0) is 20.1. The average Bonchev–Trinajstić information content (AvgIpc) is 2.71. The second-order valence-corrected chi connectivity index (χ2v) is 5.15. The number of methoxy groups -OCH3 is 1. The summed E-state index contributed by atoms with van der Waals surface area (Å²) < 4.78 is 5.00. The lowest BCUT2D eigenvalue weighted by Crippen LogP contribution is -2.45. The van der Waals surface area contributed by atoms with Crippen molar-refractivity contribution < 1.29 is 23.9 Å². The number of amides is 3. The first kappa shape index (κ1) is 19.4. The highest BCUT2D eigenvalue weighted by Crippen LogP contribution is 2.27. The lowest BCUT2D eigenvalue weighted by Gasteiger charge is -2.21. The highest BCUT2D eigenvalue weighted by atomic mass is 16.5. The summed E-state index contributed by atoms with van der Waals surface area (Å²) in [6.45, 7) is 0. The minimum absolute atomic E-state index is 0.0525. The highest BCUT2D eigenvalue weighted by molar-refractivity contribution is 6.55. The summed E-state index contributed by atoms with van der Waals surface area (Å²) in [5.74, 6) is 4.85. The number of ketones is 1. The van der Waals surface area contributed by atoms with Gasteiger partial charge in [-0.25, -0.2) is 16.7 Å². The van der Waals surface area contributed by atoms with Gasteiger partial charge in [-0.15, -0.1) is 0 Å². The molecule has 27 heavy (non-hydrogen) atoms. The van der Waals surface area contributed by atoms with E-state index in [1.165, 1.54) is 31.4 Å². The minimum atomic E-state index is -1.71. The van der Waals surface area contributed by atoms with Crippen LogP contribution in [0.5, 0.6) is 5.75 Å².